The number of pyridine rings is 1. The number of aryl methyl sites for hydroxylation is 1. The second-order valence-corrected chi connectivity index (χ2v) is 5.12. The third-order valence-electron chi connectivity index (χ3n) is 3.30. The van der Waals surface area contributed by atoms with Crippen LogP contribution in [-0.2, 0) is 13.1 Å². The van der Waals surface area contributed by atoms with E-state index in [1.165, 1.54) is 5.56 Å². The summed E-state index contributed by atoms with van der Waals surface area (Å²) in [7, 11) is 1.68. The minimum absolute atomic E-state index is 0.635. The molecule has 0 aliphatic carbocycles. The molecule has 0 bridgehead atoms. The largest absolute Gasteiger partial charge is 0.497 e. The molecule has 2 aromatic rings. The van der Waals surface area contributed by atoms with Gasteiger partial charge in [-0.2, -0.15) is 0 Å². The second kappa shape index (κ2) is 7.76. The van der Waals surface area contributed by atoms with Crippen molar-refractivity contribution in [3.63, 3.8) is 0 Å². The summed E-state index contributed by atoms with van der Waals surface area (Å²) in [6, 6.07) is 14.3. The van der Waals surface area contributed by atoms with E-state index >= 15 is 0 Å². The van der Waals surface area contributed by atoms with Gasteiger partial charge in [-0.15, -0.1) is 0 Å². The molecule has 0 saturated carbocycles. The predicted molar refractivity (Wildman–Crippen MR) is 85.1 cm³/mol. The highest BCUT2D eigenvalue weighted by Gasteiger charge is 2.09. The molecule has 112 valence electrons. The molecule has 0 spiro atoms. The Morgan fingerprint density at radius 1 is 1.14 bits per heavy atom. The van der Waals surface area contributed by atoms with Gasteiger partial charge in [0, 0.05) is 44.0 Å². The van der Waals surface area contributed by atoms with Crippen LogP contribution in [0, 0.1) is 6.92 Å². The Balaban J connectivity index is 2.10. The summed E-state index contributed by atoms with van der Waals surface area (Å²) in [6.07, 6.45) is 0. The van der Waals surface area contributed by atoms with E-state index in [1.54, 1.807) is 7.11 Å². The van der Waals surface area contributed by atoms with Crippen molar-refractivity contribution in [3.8, 4) is 5.75 Å². The van der Waals surface area contributed by atoms with Crippen LogP contribution in [0.5, 0.6) is 5.75 Å². The molecule has 0 amide bonds. The molecule has 0 aliphatic heterocycles. The molecule has 2 rings (SSSR count). The van der Waals surface area contributed by atoms with Crippen LogP contribution in [0.3, 0.4) is 0 Å². The Bertz CT molecular complexity index is 557. The maximum Gasteiger partial charge on any atom is 0.122 e. The molecule has 4 nitrogen and oxygen atoms in total. The van der Waals surface area contributed by atoms with Crippen LogP contribution in [0.4, 0.5) is 0 Å². The molecule has 21 heavy (non-hydrogen) atoms. The Labute approximate surface area is 126 Å². The van der Waals surface area contributed by atoms with Crippen molar-refractivity contribution >= 4 is 0 Å². The Hall–Kier alpha value is -1.91. The molecule has 0 fully saturated rings. The summed E-state index contributed by atoms with van der Waals surface area (Å²) in [5.74, 6) is 0.852. The van der Waals surface area contributed by atoms with Gasteiger partial charge in [-0.25, -0.2) is 0 Å². The van der Waals surface area contributed by atoms with Crippen LogP contribution in [0.25, 0.3) is 0 Å². The highest BCUT2D eigenvalue weighted by Crippen LogP contribution is 2.15. The molecule has 1 aromatic heterocycles. The quantitative estimate of drug-likeness (QED) is 0.848. The van der Waals surface area contributed by atoms with Crippen molar-refractivity contribution in [2.45, 2.75) is 20.0 Å². The number of methoxy groups -OCH3 is 1. The smallest absolute Gasteiger partial charge is 0.122 e. The molecular formula is C17H23N3O. The molecule has 0 aliphatic rings. The Morgan fingerprint density at radius 2 is 1.90 bits per heavy atom. The lowest BCUT2D eigenvalue weighted by Gasteiger charge is -2.21. The van der Waals surface area contributed by atoms with Crippen molar-refractivity contribution in [2.24, 2.45) is 5.73 Å². The van der Waals surface area contributed by atoms with Crippen LogP contribution < -0.4 is 10.5 Å². The van der Waals surface area contributed by atoms with E-state index in [-0.39, 0.29) is 0 Å². The number of nitrogens with two attached hydrogens (primary N) is 1. The zero-order valence-corrected chi connectivity index (χ0v) is 12.7. The average molecular weight is 285 g/mol. The van der Waals surface area contributed by atoms with Crippen LogP contribution in [0.1, 0.15) is 17.0 Å². The number of hydrogen-bond donors (Lipinski definition) is 1. The highest BCUT2D eigenvalue weighted by molar-refractivity contribution is 5.26. The minimum Gasteiger partial charge on any atom is -0.497 e. The first-order valence-corrected chi connectivity index (χ1v) is 7.19. The number of ether oxygens (including phenoxy) is 1. The lowest BCUT2D eigenvalue weighted by atomic mass is 10.2. The molecule has 2 N–H and O–H groups in total. The molecular weight excluding hydrogens is 262 g/mol. The van der Waals surface area contributed by atoms with Crippen molar-refractivity contribution < 1.29 is 4.74 Å². The fraction of sp³-hybridized carbons (Fsp3) is 0.353. The monoisotopic (exact) mass is 285 g/mol. The van der Waals surface area contributed by atoms with Crippen LogP contribution in [-0.4, -0.2) is 30.1 Å². The second-order valence-electron chi connectivity index (χ2n) is 5.12. The van der Waals surface area contributed by atoms with E-state index in [4.69, 9.17) is 10.5 Å². The number of rotatable bonds is 7. The summed E-state index contributed by atoms with van der Waals surface area (Å²) >= 11 is 0. The topological polar surface area (TPSA) is 51.4 Å². The highest BCUT2D eigenvalue weighted by atomic mass is 16.5. The maximum atomic E-state index is 5.74. The normalized spacial score (nSPS) is 10.9. The summed E-state index contributed by atoms with van der Waals surface area (Å²) in [5, 5.41) is 0. The van der Waals surface area contributed by atoms with E-state index in [0.717, 1.165) is 36.8 Å². The van der Waals surface area contributed by atoms with E-state index in [1.807, 2.05) is 25.1 Å². The van der Waals surface area contributed by atoms with E-state index in [0.29, 0.717) is 6.54 Å². The van der Waals surface area contributed by atoms with Gasteiger partial charge in [0.1, 0.15) is 5.75 Å². The number of nitrogens with zero attached hydrogens (tertiary/aromatic N) is 2. The first kappa shape index (κ1) is 15.5. The van der Waals surface area contributed by atoms with Crippen LogP contribution >= 0.6 is 0 Å². The fourth-order valence-corrected chi connectivity index (χ4v) is 2.37. The minimum atomic E-state index is 0.635. The van der Waals surface area contributed by atoms with Gasteiger partial charge in [0.15, 0.2) is 0 Å². The van der Waals surface area contributed by atoms with Gasteiger partial charge in [-0.3, -0.25) is 9.88 Å². The number of hydrogen-bond acceptors (Lipinski definition) is 4. The standard InChI is InChI=1S/C17H23N3O/c1-14-10-17(21-2)11-16(19-14)13-20(9-8-18)12-15-6-4-3-5-7-15/h3-7,10-11H,8-9,12-13,18H2,1-2H3. The van der Waals surface area contributed by atoms with Crippen molar-refractivity contribution in [3.05, 3.63) is 59.4 Å². The summed E-state index contributed by atoms with van der Waals surface area (Å²) in [4.78, 5) is 6.89. The fourth-order valence-electron chi connectivity index (χ4n) is 2.37. The molecule has 0 saturated heterocycles. The molecule has 4 heteroatoms. The number of benzene rings is 1. The van der Waals surface area contributed by atoms with Crippen molar-refractivity contribution in [1.82, 2.24) is 9.88 Å². The lowest BCUT2D eigenvalue weighted by molar-refractivity contribution is 0.260. The first-order valence-electron chi connectivity index (χ1n) is 7.19. The third kappa shape index (κ3) is 4.85. The van der Waals surface area contributed by atoms with Gasteiger partial charge in [-0.05, 0) is 12.5 Å². The molecule has 0 radical (unpaired) electrons. The predicted octanol–water partition coefficient (Wildman–Crippen LogP) is 2.36. The molecule has 1 aromatic carbocycles. The lowest BCUT2D eigenvalue weighted by Crippen LogP contribution is -2.29. The van der Waals surface area contributed by atoms with Gasteiger partial charge in [0.25, 0.3) is 0 Å². The van der Waals surface area contributed by atoms with Gasteiger partial charge in [0.05, 0.1) is 12.8 Å². The Morgan fingerprint density at radius 3 is 2.57 bits per heavy atom. The Kier molecular flexibility index (Phi) is 5.72. The van der Waals surface area contributed by atoms with Crippen molar-refractivity contribution in [2.75, 3.05) is 20.2 Å². The van der Waals surface area contributed by atoms with Gasteiger partial charge in [-0.1, -0.05) is 30.3 Å². The van der Waals surface area contributed by atoms with Gasteiger partial charge >= 0.3 is 0 Å². The molecule has 0 unspecified atom stereocenters. The van der Waals surface area contributed by atoms with Crippen LogP contribution in [0.15, 0.2) is 42.5 Å². The summed E-state index contributed by atoms with van der Waals surface area (Å²) < 4.78 is 5.31. The SMILES string of the molecule is COc1cc(C)nc(CN(CCN)Cc2ccccc2)c1. The number of aromatic nitrogens is 1. The first-order chi connectivity index (χ1) is 10.2. The zero-order valence-electron chi connectivity index (χ0n) is 12.7. The third-order valence-corrected chi connectivity index (χ3v) is 3.30. The maximum absolute atomic E-state index is 5.74. The van der Waals surface area contributed by atoms with Gasteiger partial charge < -0.3 is 10.5 Å². The summed E-state index contributed by atoms with van der Waals surface area (Å²) in [6.45, 7) is 5.10. The van der Waals surface area contributed by atoms with Crippen LogP contribution in [0.2, 0.25) is 0 Å². The molecule has 0 atom stereocenters. The molecule has 1 heterocycles. The van der Waals surface area contributed by atoms with E-state index < -0.39 is 0 Å². The van der Waals surface area contributed by atoms with Gasteiger partial charge in [0.2, 0.25) is 0 Å². The van der Waals surface area contributed by atoms with E-state index in [2.05, 4.69) is 34.1 Å². The van der Waals surface area contributed by atoms with E-state index in [9.17, 15) is 0 Å². The average Bonchev–Trinajstić information content (AvgIpc) is 2.48. The zero-order chi connectivity index (χ0) is 15.1. The summed E-state index contributed by atoms with van der Waals surface area (Å²) in [5.41, 5.74) is 9.00. The van der Waals surface area contributed by atoms with Crippen molar-refractivity contribution in [1.29, 1.82) is 0 Å².